The molecule has 30 heavy (non-hydrogen) atoms. The van der Waals surface area contributed by atoms with Crippen molar-refractivity contribution in [2.45, 2.75) is 6.54 Å². The minimum atomic E-state index is -0.250. The van der Waals surface area contributed by atoms with Crippen molar-refractivity contribution in [3.63, 3.8) is 0 Å². The Hall–Kier alpha value is -3.93. The van der Waals surface area contributed by atoms with Crippen LogP contribution in [0.1, 0.15) is 16.1 Å². The van der Waals surface area contributed by atoms with Crippen LogP contribution in [0.25, 0.3) is 22.0 Å². The first-order chi connectivity index (χ1) is 14.7. The summed E-state index contributed by atoms with van der Waals surface area (Å²) in [7, 11) is 3.24. The molecule has 6 heteroatoms. The van der Waals surface area contributed by atoms with Crippen LogP contribution in [0.2, 0.25) is 0 Å². The zero-order chi connectivity index (χ0) is 20.9. The SMILES string of the molecule is COc1ccc(-c2cncc3ccc(C(=O)NCc4ccccc4OC)nc23)cc1. The molecule has 0 aliphatic rings. The van der Waals surface area contributed by atoms with Crippen molar-refractivity contribution >= 4 is 16.8 Å². The van der Waals surface area contributed by atoms with E-state index in [1.54, 1.807) is 32.7 Å². The quantitative estimate of drug-likeness (QED) is 0.525. The third kappa shape index (κ3) is 3.93. The number of hydrogen-bond donors (Lipinski definition) is 1. The van der Waals surface area contributed by atoms with Gasteiger partial charge in [0.05, 0.1) is 19.7 Å². The maximum atomic E-state index is 12.7. The summed E-state index contributed by atoms with van der Waals surface area (Å²) in [4.78, 5) is 21.7. The molecule has 0 saturated carbocycles. The molecular formula is C24H21N3O3. The van der Waals surface area contributed by atoms with Gasteiger partial charge in [0.2, 0.25) is 0 Å². The van der Waals surface area contributed by atoms with Crippen LogP contribution in [0.5, 0.6) is 11.5 Å². The topological polar surface area (TPSA) is 73.3 Å². The molecule has 0 aliphatic carbocycles. The van der Waals surface area contributed by atoms with E-state index < -0.39 is 0 Å². The number of amides is 1. The average molecular weight is 399 g/mol. The summed E-state index contributed by atoms with van der Waals surface area (Å²) in [5.74, 6) is 1.26. The monoisotopic (exact) mass is 399 g/mol. The lowest BCUT2D eigenvalue weighted by molar-refractivity contribution is 0.0946. The van der Waals surface area contributed by atoms with Crippen molar-refractivity contribution in [2.75, 3.05) is 14.2 Å². The fourth-order valence-electron chi connectivity index (χ4n) is 3.27. The van der Waals surface area contributed by atoms with Gasteiger partial charge in [-0.25, -0.2) is 4.98 Å². The number of nitrogens with one attached hydrogen (secondary N) is 1. The maximum Gasteiger partial charge on any atom is 0.270 e. The van der Waals surface area contributed by atoms with Crippen LogP contribution in [0.4, 0.5) is 0 Å². The van der Waals surface area contributed by atoms with E-state index in [1.165, 1.54) is 0 Å². The van der Waals surface area contributed by atoms with Crippen molar-refractivity contribution < 1.29 is 14.3 Å². The molecule has 4 aromatic rings. The molecule has 150 valence electrons. The lowest BCUT2D eigenvalue weighted by atomic mass is 10.0. The minimum absolute atomic E-state index is 0.250. The number of rotatable bonds is 6. The highest BCUT2D eigenvalue weighted by Crippen LogP contribution is 2.28. The van der Waals surface area contributed by atoms with Crippen LogP contribution in [0.15, 0.2) is 73.1 Å². The fourth-order valence-corrected chi connectivity index (χ4v) is 3.27. The first kappa shape index (κ1) is 19.4. The van der Waals surface area contributed by atoms with Crippen LogP contribution >= 0.6 is 0 Å². The summed E-state index contributed by atoms with van der Waals surface area (Å²) in [5, 5.41) is 3.78. The molecule has 1 amide bonds. The number of ether oxygens (including phenoxy) is 2. The molecule has 6 nitrogen and oxygen atoms in total. The number of nitrogens with zero attached hydrogens (tertiary/aromatic N) is 2. The van der Waals surface area contributed by atoms with E-state index >= 15 is 0 Å². The summed E-state index contributed by atoms with van der Waals surface area (Å²) in [5.41, 5.74) is 3.78. The Bertz CT molecular complexity index is 1190. The lowest BCUT2D eigenvalue weighted by Gasteiger charge is -2.11. The zero-order valence-corrected chi connectivity index (χ0v) is 16.8. The number of para-hydroxylation sites is 1. The second-order valence-electron chi connectivity index (χ2n) is 6.68. The predicted molar refractivity (Wildman–Crippen MR) is 116 cm³/mol. The molecule has 0 fully saturated rings. The molecule has 4 rings (SSSR count). The molecule has 2 heterocycles. The Morgan fingerprint density at radius 3 is 2.50 bits per heavy atom. The molecule has 0 radical (unpaired) electrons. The summed E-state index contributed by atoms with van der Waals surface area (Å²) >= 11 is 0. The van der Waals surface area contributed by atoms with Gasteiger partial charge in [-0.3, -0.25) is 9.78 Å². The molecule has 2 aromatic carbocycles. The standard InChI is InChI=1S/C24H21N3O3/c1-29-19-10-7-16(8-11-19)20-15-25-13-18-9-12-21(27-23(18)20)24(28)26-14-17-5-3-4-6-22(17)30-2/h3-13,15H,14H2,1-2H3,(H,26,28). The van der Waals surface area contributed by atoms with Crippen LogP contribution in [-0.2, 0) is 6.54 Å². The smallest absolute Gasteiger partial charge is 0.270 e. The van der Waals surface area contributed by atoms with E-state index in [4.69, 9.17) is 9.47 Å². The molecule has 1 N–H and O–H groups in total. The number of hydrogen-bond acceptors (Lipinski definition) is 5. The van der Waals surface area contributed by atoms with Crippen LogP contribution in [0, 0.1) is 0 Å². The zero-order valence-electron chi connectivity index (χ0n) is 16.8. The average Bonchev–Trinajstić information content (AvgIpc) is 2.82. The number of benzene rings is 2. The highest BCUT2D eigenvalue weighted by Gasteiger charge is 2.12. The largest absolute Gasteiger partial charge is 0.497 e. The molecule has 2 aromatic heterocycles. The van der Waals surface area contributed by atoms with Gasteiger partial charge in [0.15, 0.2) is 0 Å². The highest BCUT2D eigenvalue weighted by atomic mass is 16.5. The second-order valence-corrected chi connectivity index (χ2v) is 6.68. The minimum Gasteiger partial charge on any atom is -0.497 e. The number of pyridine rings is 2. The van der Waals surface area contributed by atoms with E-state index in [0.717, 1.165) is 39.1 Å². The van der Waals surface area contributed by atoms with Gasteiger partial charge in [0.25, 0.3) is 5.91 Å². The Morgan fingerprint density at radius 1 is 0.933 bits per heavy atom. The lowest BCUT2D eigenvalue weighted by Crippen LogP contribution is -2.24. The van der Waals surface area contributed by atoms with Gasteiger partial charge in [0, 0.05) is 35.5 Å². The maximum absolute atomic E-state index is 12.7. The summed E-state index contributed by atoms with van der Waals surface area (Å²) in [6.07, 6.45) is 3.50. The first-order valence-corrected chi connectivity index (χ1v) is 9.49. The van der Waals surface area contributed by atoms with Gasteiger partial charge in [0.1, 0.15) is 17.2 Å². The van der Waals surface area contributed by atoms with Gasteiger partial charge < -0.3 is 14.8 Å². The second kappa shape index (κ2) is 8.61. The van der Waals surface area contributed by atoms with Gasteiger partial charge in [-0.05, 0) is 35.9 Å². The predicted octanol–water partition coefficient (Wildman–Crippen LogP) is 4.24. The van der Waals surface area contributed by atoms with E-state index in [0.29, 0.717) is 12.2 Å². The molecular weight excluding hydrogens is 378 g/mol. The van der Waals surface area contributed by atoms with Crippen molar-refractivity contribution in [1.29, 1.82) is 0 Å². The highest BCUT2D eigenvalue weighted by molar-refractivity contribution is 5.98. The van der Waals surface area contributed by atoms with Crippen molar-refractivity contribution in [3.8, 4) is 22.6 Å². The van der Waals surface area contributed by atoms with E-state index in [1.807, 2.05) is 54.6 Å². The first-order valence-electron chi connectivity index (χ1n) is 9.49. The Kier molecular flexibility index (Phi) is 5.57. The Balaban J connectivity index is 1.62. The number of carbonyl (C=O) groups excluding carboxylic acids is 1. The number of methoxy groups -OCH3 is 2. The summed E-state index contributed by atoms with van der Waals surface area (Å²) in [6.45, 7) is 0.351. The van der Waals surface area contributed by atoms with Crippen LogP contribution in [0.3, 0.4) is 0 Å². The third-order valence-corrected chi connectivity index (χ3v) is 4.86. The van der Waals surface area contributed by atoms with Crippen molar-refractivity contribution in [2.24, 2.45) is 0 Å². The summed E-state index contributed by atoms with van der Waals surface area (Å²) < 4.78 is 10.6. The van der Waals surface area contributed by atoms with Crippen molar-refractivity contribution in [3.05, 3.63) is 84.3 Å². The Labute approximate surface area is 174 Å². The molecule has 0 saturated heterocycles. The van der Waals surface area contributed by atoms with Crippen molar-refractivity contribution in [1.82, 2.24) is 15.3 Å². The van der Waals surface area contributed by atoms with Crippen LogP contribution < -0.4 is 14.8 Å². The van der Waals surface area contributed by atoms with Gasteiger partial charge >= 0.3 is 0 Å². The number of fused-ring (bicyclic) bond motifs is 1. The third-order valence-electron chi connectivity index (χ3n) is 4.86. The van der Waals surface area contributed by atoms with Crippen LogP contribution in [-0.4, -0.2) is 30.1 Å². The Morgan fingerprint density at radius 2 is 1.73 bits per heavy atom. The normalized spacial score (nSPS) is 10.6. The molecule has 0 unspecified atom stereocenters. The molecule has 0 atom stereocenters. The number of carbonyl (C=O) groups is 1. The fraction of sp³-hybridized carbons (Fsp3) is 0.125. The number of aromatic nitrogens is 2. The molecule has 0 spiro atoms. The van der Waals surface area contributed by atoms with Gasteiger partial charge in [-0.1, -0.05) is 30.3 Å². The van der Waals surface area contributed by atoms with E-state index in [-0.39, 0.29) is 5.91 Å². The molecule has 0 bridgehead atoms. The van der Waals surface area contributed by atoms with E-state index in [9.17, 15) is 4.79 Å². The van der Waals surface area contributed by atoms with E-state index in [2.05, 4.69) is 15.3 Å². The van der Waals surface area contributed by atoms with Gasteiger partial charge in [-0.2, -0.15) is 0 Å². The molecule has 0 aliphatic heterocycles. The van der Waals surface area contributed by atoms with Gasteiger partial charge in [-0.15, -0.1) is 0 Å². The summed E-state index contributed by atoms with van der Waals surface area (Å²) in [6, 6.07) is 18.8.